The number of carbonyl (C=O) groups excluding carboxylic acids is 2. The smallest absolute Gasteiger partial charge is 0.243 e. The van der Waals surface area contributed by atoms with Crippen LogP contribution in [0.5, 0.6) is 11.5 Å². The molecule has 0 aliphatic heterocycles. The Morgan fingerprint density at radius 2 is 1.69 bits per heavy atom. The molecule has 26 heavy (non-hydrogen) atoms. The first-order chi connectivity index (χ1) is 12.5. The molecule has 0 aliphatic carbocycles. The van der Waals surface area contributed by atoms with Crippen molar-refractivity contribution in [3.8, 4) is 11.5 Å². The zero-order valence-corrected chi connectivity index (χ0v) is 15.3. The van der Waals surface area contributed by atoms with Gasteiger partial charge in [-0.1, -0.05) is 12.1 Å². The number of rotatable bonds is 8. The van der Waals surface area contributed by atoms with E-state index < -0.39 is 0 Å². The summed E-state index contributed by atoms with van der Waals surface area (Å²) in [4.78, 5) is 25.8. The van der Waals surface area contributed by atoms with Gasteiger partial charge in [0.15, 0.2) is 0 Å². The van der Waals surface area contributed by atoms with Crippen molar-refractivity contribution in [3.05, 3.63) is 54.1 Å². The van der Waals surface area contributed by atoms with E-state index in [1.807, 2.05) is 24.3 Å². The molecule has 1 N–H and O–H groups in total. The molecule has 0 bridgehead atoms. The predicted octanol–water partition coefficient (Wildman–Crippen LogP) is 2.73. The zero-order chi connectivity index (χ0) is 18.9. The third kappa shape index (κ3) is 5.81. The molecular weight excluding hydrogens is 332 g/mol. The second-order valence-corrected chi connectivity index (χ2v) is 5.88. The molecule has 2 rings (SSSR count). The number of carbonyl (C=O) groups is 2. The molecule has 0 radical (unpaired) electrons. The van der Waals surface area contributed by atoms with Crippen LogP contribution < -0.4 is 14.8 Å². The fourth-order valence-corrected chi connectivity index (χ4v) is 2.45. The van der Waals surface area contributed by atoms with E-state index in [9.17, 15) is 9.59 Å². The first-order valence-corrected chi connectivity index (χ1v) is 8.32. The Kier molecular flexibility index (Phi) is 7.02. The van der Waals surface area contributed by atoms with E-state index in [1.54, 1.807) is 45.5 Å². The van der Waals surface area contributed by atoms with Crippen molar-refractivity contribution in [2.75, 3.05) is 33.1 Å². The summed E-state index contributed by atoms with van der Waals surface area (Å²) >= 11 is 0. The first kappa shape index (κ1) is 19.3. The van der Waals surface area contributed by atoms with Crippen LogP contribution in [0.15, 0.2) is 48.5 Å². The van der Waals surface area contributed by atoms with Gasteiger partial charge in [-0.05, 0) is 48.4 Å². The maximum Gasteiger partial charge on any atom is 0.243 e. The summed E-state index contributed by atoms with van der Waals surface area (Å²) in [5.74, 6) is 1.15. The van der Waals surface area contributed by atoms with Crippen molar-refractivity contribution in [3.63, 3.8) is 0 Å². The molecule has 2 amide bonds. The maximum absolute atomic E-state index is 12.2. The Morgan fingerprint density at radius 3 is 2.35 bits per heavy atom. The van der Waals surface area contributed by atoms with Crippen LogP contribution in [0.4, 0.5) is 5.69 Å². The lowest BCUT2D eigenvalue weighted by molar-refractivity contribution is -0.133. The number of hydrogen-bond donors (Lipinski definition) is 1. The summed E-state index contributed by atoms with van der Waals surface area (Å²) in [5, 5.41) is 2.76. The molecule has 0 spiro atoms. The molecule has 6 nitrogen and oxygen atoms in total. The van der Waals surface area contributed by atoms with E-state index >= 15 is 0 Å². The van der Waals surface area contributed by atoms with Gasteiger partial charge >= 0.3 is 0 Å². The van der Waals surface area contributed by atoms with Gasteiger partial charge in [0.2, 0.25) is 11.8 Å². The largest absolute Gasteiger partial charge is 0.497 e. The van der Waals surface area contributed by atoms with E-state index in [1.165, 1.54) is 4.90 Å². The molecule has 2 aromatic rings. The molecule has 2 aromatic carbocycles. The lowest BCUT2D eigenvalue weighted by Crippen LogP contribution is -2.35. The SMILES string of the molecule is COc1ccc(NC(=O)CN(C)C(=O)CCc2cccc(OC)c2)cc1. The minimum Gasteiger partial charge on any atom is -0.497 e. The normalized spacial score (nSPS) is 10.1. The molecule has 138 valence electrons. The van der Waals surface area contributed by atoms with Gasteiger partial charge in [-0.2, -0.15) is 0 Å². The van der Waals surface area contributed by atoms with Crippen LogP contribution in [0.25, 0.3) is 0 Å². The summed E-state index contributed by atoms with van der Waals surface area (Å²) in [6.45, 7) is 0.00295. The average molecular weight is 356 g/mol. The number of hydrogen-bond acceptors (Lipinski definition) is 4. The quantitative estimate of drug-likeness (QED) is 0.790. The fourth-order valence-electron chi connectivity index (χ4n) is 2.45. The summed E-state index contributed by atoms with van der Waals surface area (Å²) in [6.07, 6.45) is 0.931. The highest BCUT2D eigenvalue weighted by Gasteiger charge is 2.13. The van der Waals surface area contributed by atoms with Crippen LogP contribution in [0.3, 0.4) is 0 Å². The standard InChI is InChI=1S/C20H24N2O4/c1-22(14-19(23)21-16-8-10-17(25-2)11-9-16)20(24)12-7-15-5-4-6-18(13-15)26-3/h4-6,8-11,13H,7,12,14H2,1-3H3,(H,21,23). The van der Waals surface area contributed by atoms with Gasteiger partial charge in [-0.15, -0.1) is 0 Å². The monoisotopic (exact) mass is 356 g/mol. The van der Waals surface area contributed by atoms with Crippen molar-refractivity contribution in [2.45, 2.75) is 12.8 Å². The van der Waals surface area contributed by atoms with Crippen molar-refractivity contribution in [1.82, 2.24) is 4.90 Å². The van der Waals surface area contributed by atoms with E-state index in [4.69, 9.17) is 9.47 Å². The Labute approximate surface area is 153 Å². The first-order valence-electron chi connectivity index (χ1n) is 8.32. The Morgan fingerprint density at radius 1 is 1.00 bits per heavy atom. The number of benzene rings is 2. The second kappa shape index (κ2) is 9.46. The molecule has 6 heteroatoms. The molecule has 0 aromatic heterocycles. The highest BCUT2D eigenvalue weighted by Crippen LogP contribution is 2.15. The van der Waals surface area contributed by atoms with Gasteiger partial charge in [0.1, 0.15) is 11.5 Å². The second-order valence-electron chi connectivity index (χ2n) is 5.88. The van der Waals surface area contributed by atoms with Crippen molar-refractivity contribution >= 4 is 17.5 Å². The molecule has 0 heterocycles. The lowest BCUT2D eigenvalue weighted by atomic mass is 10.1. The molecule has 0 aliphatic rings. The van der Waals surface area contributed by atoms with E-state index in [0.29, 0.717) is 24.3 Å². The Hall–Kier alpha value is -3.02. The van der Waals surface area contributed by atoms with Crippen LogP contribution >= 0.6 is 0 Å². The number of anilines is 1. The average Bonchev–Trinajstić information content (AvgIpc) is 2.66. The van der Waals surface area contributed by atoms with Gasteiger partial charge < -0.3 is 19.7 Å². The van der Waals surface area contributed by atoms with Crippen molar-refractivity contribution in [1.29, 1.82) is 0 Å². The van der Waals surface area contributed by atoms with Crippen LogP contribution in [0, 0.1) is 0 Å². The minimum atomic E-state index is -0.243. The van der Waals surface area contributed by atoms with Gasteiger partial charge in [0.25, 0.3) is 0 Å². The van der Waals surface area contributed by atoms with Gasteiger partial charge in [0.05, 0.1) is 20.8 Å². The fraction of sp³-hybridized carbons (Fsp3) is 0.300. The van der Waals surface area contributed by atoms with Crippen LogP contribution in [-0.2, 0) is 16.0 Å². The highest BCUT2D eigenvalue weighted by atomic mass is 16.5. The number of ether oxygens (including phenoxy) is 2. The molecule has 0 saturated heterocycles. The van der Waals surface area contributed by atoms with Crippen molar-refractivity contribution < 1.29 is 19.1 Å². The Balaban J connectivity index is 1.80. The third-order valence-corrected chi connectivity index (χ3v) is 3.94. The van der Waals surface area contributed by atoms with Crippen molar-refractivity contribution in [2.24, 2.45) is 0 Å². The van der Waals surface area contributed by atoms with Gasteiger partial charge in [-0.3, -0.25) is 9.59 Å². The number of aryl methyl sites for hydroxylation is 1. The zero-order valence-electron chi connectivity index (χ0n) is 15.3. The summed E-state index contributed by atoms with van der Waals surface area (Å²) in [6, 6.07) is 14.6. The molecule has 0 saturated carbocycles. The number of nitrogens with zero attached hydrogens (tertiary/aromatic N) is 1. The molecule has 0 atom stereocenters. The van der Waals surface area contributed by atoms with Crippen LogP contribution in [-0.4, -0.2) is 44.5 Å². The van der Waals surface area contributed by atoms with Gasteiger partial charge in [0, 0.05) is 19.2 Å². The third-order valence-electron chi connectivity index (χ3n) is 3.94. The number of methoxy groups -OCH3 is 2. The van der Waals surface area contributed by atoms with Crippen LogP contribution in [0.2, 0.25) is 0 Å². The van der Waals surface area contributed by atoms with Gasteiger partial charge in [-0.25, -0.2) is 0 Å². The molecule has 0 fully saturated rings. The minimum absolute atomic E-state index is 0.00295. The van der Waals surface area contributed by atoms with E-state index in [-0.39, 0.29) is 18.4 Å². The Bertz CT molecular complexity index is 744. The summed E-state index contributed by atoms with van der Waals surface area (Å²) < 4.78 is 10.3. The highest BCUT2D eigenvalue weighted by molar-refractivity contribution is 5.94. The topological polar surface area (TPSA) is 67.9 Å². The van der Waals surface area contributed by atoms with E-state index in [2.05, 4.69) is 5.32 Å². The molecular formula is C20H24N2O4. The predicted molar refractivity (Wildman–Crippen MR) is 101 cm³/mol. The number of amides is 2. The summed E-state index contributed by atoms with van der Waals surface area (Å²) in [7, 11) is 4.82. The lowest BCUT2D eigenvalue weighted by Gasteiger charge is -2.17. The van der Waals surface area contributed by atoms with Crippen LogP contribution in [0.1, 0.15) is 12.0 Å². The van der Waals surface area contributed by atoms with E-state index in [0.717, 1.165) is 11.3 Å². The summed E-state index contributed by atoms with van der Waals surface area (Å²) in [5.41, 5.74) is 1.68. The maximum atomic E-state index is 12.2. The molecule has 0 unspecified atom stereocenters. The number of nitrogens with one attached hydrogen (secondary N) is 1. The number of likely N-dealkylation sites (N-methyl/N-ethyl adjacent to an activating group) is 1.